The predicted molar refractivity (Wildman–Crippen MR) is 78.6 cm³/mol. The van der Waals surface area contributed by atoms with Crippen LogP contribution in [-0.4, -0.2) is 23.7 Å². The molecule has 0 fully saturated rings. The molecule has 3 N–H and O–H groups in total. The Hall–Kier alpha value is -1.00. The van der Waals surface area contributed by atoms with Crippen LogP contribution in [0.4, 0.5) is 0 Å². The Kier molecular flexibility index (Phi) is 6.22. The SMILES string of the molecule is Cc1cccc(CSCC(NC(C)C)C(N)=O)c1. The number of nitrogens with one attached hydrogen (secondary N) is 1. The fourth-order valence-corrected chi connectivity index (χ4v) is 2.74. The first kappa shape index (κ1) is 15.1. The molecule has 1 unspecified atom stereocenters. The van der Waals surface area contributed by atoms with Crippen molar-refractivity contribution in [3.05, 3.63) is 35.4 Å². The minimum absolute atomic E-state index is 0.250. The summed E-state index contributed by atoms with van der Waals surface area (Å²) in [5.41, 5.74) is 7.92. The number of thioether (sulfide) groups is 1. The molecule has 0 spiro atoms. The second kappa shape index (κ2) is 7.44. The van der Waals surface area contributed by atoms with Crippen LogP contribution in [0.15, 0.2) is 24.3 Å². The zero-order valence-electron chi connectivity index (χ0n) is 11.3. The second-order valence-corrected chi connectivity index (χ2v) is 5.81. The standard InChI is InChI=1S/C14H22N2OS/c1-10(2)16-13(14(15)17)9-18-8-12-6-4-5-11(3)7-12/h4-7,10,13,16H,8-9H2,1-3H3,(H2,15,17). The molecule has 0 aromatic heterocycles. The third-order valence-electron chi connectivity index (χ3n) is 2.51. The lowest BCUT2D eigenvalue weighted by atomic mass is 10.2. The number of primary amides is 1. The summed E-state index contributed by atoms with van der Waals surface area (Å²) in [6, 6.07) is 8.43. The molecule has 0 aliphatic heterocycles. The van der Waals surface area contributed by atoms with Gasteiger partial charge in [0.05, 0.1) is 6.04 Å². The zero-order chi connectivity index (χ0) is 13.5. The van der Waals surface area contributed by atoms with E-state index in [1.807, 2.05) is 13.8 Å². The first-order chi connectivity index (χ1) is 8.49. The van der Waals surface area contributed by atoms with Crippen LogP contribution in [-0.2, 0) is 10.5 Å². The summed E-state index contributed by atoms with van der Waals surface area (Å²) >= 11 is 1.73. The van der Waals surface area contributed by atoms with Crippen LogP contribution in [0, 0.1) is 6.92 Å². The van der Waals surface area contributed by atoms with Crippen LogP contribution < -0.4 is 11.1 Å². The predicted octanol–water partition coefficient (Wildman–Crippen LogP) is 2.08. The van der Waals surface area contributed by atoms with Crippen molar-refractivity contribution in [2.75, 3.05) is 5.75 Å². The van der Waals surface area contributed by atoms with Gasteiger partial charge >= 0.3 is 0 Å². The number of hydrogen-bond donors (Lipinski definition) is 2. The molecule has 0 radical (unpaired) electrons. The Labute approximate surface area is 114 Å². The van der Waals surface area contributed by atoms with Crippen molar-refractivity contribution < 1.29 is 4.79 Å². The minimum atomic E-state index is -0.277. The van der Waals surface area contributed by atoms with E-state index in [1.165, 1.54) is 11.1 Å². The van der Waals surface area contributed by atoms with Crippen LogP contribution in [0.3, 0.4) is 0 Å². The number of benzene rings is 1. The van der Waals surface area contributed by atoms with E-state index in [-0.39, 0.29) is 18.0 Å². The van der Waals surface area contributed by atoms with Crippen molar-refractivity contribution in [2.45, 2.75) is 38.6 Å². The largest absolute Gasteiger partial charge is 0.368 e. The smallest absolute Gasteiger partial charge is 0.235 e. The van der Waals surface area contributed by atoms with Crippen LogP contribution in [0.5, 0.6) is 0 Å². The van der Waals surface area contributed by atoms with Gasteiger partial charge in [-0.25, -0.2) is 0 Å². The molecule has 0 saturated heterocycles. The number of carbonyl (C=O) groups excluding carboxylic acids is 1. The van der Waals surface area contributed by atoms with Crippen molar-refractivity contribution >= 4 is 17.7 Å². The zero-order valence-corrected chi connectivity index (χ0v) is 12.1. The van der Waals surface area contributed by atoms with Gasteiger partial charge < -0.3 is 11.1 Å². The van der Waals surface area contributed by atoms with Gasteiger partial charge in [0.15, 0.2) is 0 Å². The Morgan fingerprint density at radius 3 is 2.72 bits per heavy atom. The van der Waals surface area contributed by atoms with E-state index < -0.39 is 0 Å². The highest BCUT2D eigenvalue weighted by molar-refractivity contribution is 7.98. The van der Waals surface area contributed by atoms with E-state index in [0.717, 1.165) is 5.75 Å². The van der Waals surface area contributed by atoms with Gasteiger partial charge in [-0.15, -0.1) is 0 Å². The van der Waals surface area contributed by atoms with Crippen LogP contribution in [0.25, 0.3) is 0 Å². The molecular formula is C14H22N2OS. The van der Waals surface area contributed by atoms with Crippen molar-refractivity contribution in [2.24, 2.45) is 5.73 Å². The van der Waals surface area contributed by atoms with Gasteiger partial charge in [-0.1, -0.05) is 43.7 Å². The molecule has 0 bridgehead atoms. The first-order valence-electron chi connectivity index (χ1n) is 6.17. The molecule has 1 aromatic carbocycles. The van der Waals surface area contributed by atoms with Crippen molar-refractivity contribution in [1.82, 2.24) is 5.32 Å². The Bertz CT molecular complexity index is 393. The Morgan fingerprint density at radius 2 is 2.17 bits per heavy atom. The average molecular weight is 266 g/mol. The van der Waals surface area contributed by atoms with Crippen molar-refractivity contribution in [1.29, 1.82) is 0 Å². The molecular weight excluding hydrogens is 244 g/mol. The number of nitrogens with two attached hydrogens (primary N) is 1. The maximum atomic E-state index is 11.3. The topological polar surface area (TPSA) is 55.1 Å². The van der Waals surface area contributed by atoms with E-state index in [2.05, 4.69) is 36.5 Å². The van der Waals surface area contributed by atoms with Gasteiger partial charge in [0, 0.05) is 17.5 Å². The summed E-state index contributed by atoms with van der Waals surface area (Å²) in [6.07, 6.45) is 0. The highest BCUT2D eigenvalue weighted by Crippen LogP contribution is 2.14. The highest BCUT2D eigenvalue weighted by Gasteiger charge is 2.15. The lowest BCUT2D eigenvalue weighted by Crippen LogP contribution is -2.46. The number of amides is 1. The fourth-order valence-electron chi connectivity index (χ4n) is 1.71. The molecule has 0 aliphatic carbocycles. The quantitative estimate of drug-likeness (QED) is 0.794. The van der Waals surface area contributed by atoms with Gasteiger partial charge in [0.25, 0.3) is 0 Å². The molecule has 1 aromatic rings. The van der Waals surface area contributed by atoms with E-state index in [1.54, 1.807) is 11.8 Å². The molecule has 0 aliphatic rings. The first-order valence-corrected chi connectivity index (χ1v) is 7.33. The van der Waals surface area contributed by atoms with Crippen LogP contribution >= 0.6 is 11.8 Å². The highest BCUT2D eigenvalue weighted by atomic mass is 32.2. The van der Waals surface area contributed by atoms with Crippen molar-refractivity contribution in [3.8, 4) is 0 Å². The van der Waals surface area contributed by atoms with Gasteiger partial charge in [0.2, 0.25) is 5.91 Å². The van der Waals surface area contributed by atoms with Gasteiger partial charge in [0.1, 0.15) is 0 Å². The molecule has 4 heteroatoms. The average Bonchev–Trinajstić information content (AvgIpc) is 2.27. The fraction of sp³-hybridized carbons (Fsp3) is 0.500. The van der Waals surface area contributed by atoms with Gasteiger partial charge in [-0.05, 0) is 12.5 Å². The summed E-state index contributed by atoms with van der Waals surface area (Å²) in [7, 11) is 0. The van der Waals surface area contributed by atoms with Crippen LogP contribution in [0.2, 0.25) is 0 Å². The van der Waals surface area contributed by atoms with E-state index in [0.29, 0.717) is 5.75 Å². The summed E-state index contributed by atoms with van der Waals surface area (Å²) < 4.78 is 0. The maximum absolute atomic E-state index is 11.3. The number of carbonyl (C=O) groups is 1. The molecule has 18 heavy (non-hydrogen) atoms. The van der Waals surface area contributed by atoms with Gasteiger partial charge in [-0.2, -0.15) is 11.8 Å². The minimum Gasteiger partial charge on any atom is -0.368 e. The lowest BCUT2D eigenvalue weighted by molar-refractivity contribution is -0.119. The Balaban J connectivity index is 2.41. The van der Waals surface area contributed by atoms with Crippen molar-refractivity contribution in [3.63, 3.8) is 0 Å². The summed E-state index contributed by atoms with van der Waals surface area (Å²) in [6.45, 7) is 6.11. The number of hydrogen-bond acceptors (Lipinski definition) is 3. The van der Waals surface area contributed by atoms with Crippen LogP contribution in [0.1, 0.15) is 25.0 Å². The van der Waals surface area contributed by atoms with E-state index >= 15 is 0 Å². The third kappa shape index (κ3) is 5.56. The molecule has 1 atom stereocenters. The number of rotatable bonds is 7. The summed E-state index contributed by atoms with van der Waals surface area (Å²) in [5, 5.41) is 3.18. The molecule has 1 amide bonds. The summed E-state index contributed by atoms with van der Waals surface area (Å²) in [5.74, 6) is 1.34. The Morgan fingerprint density at radius 1 is 1.44 bits per heavy atom. The monoisotopic (exact) mass is 266 g/mol. The lowest BCUT2D eigenvalue weighted by Gasteiger charge is -2.17. The number of aryl methyl sites for hydroxylation is 1. The summed E-state index contributed by atoms with van der Waals surface area (Å²) in [4.78, 5) is 11.3. The van der Waals surface area contributed by atoms with E-state index in [4.69, 9.17) is 5.73 Å². The molecule has 100 valence electrons. The molecule has 0 saturated carbocycles. The third-order valence-corrected chi connectivity index (χ3v) is 3.62. The van der Waals surface area contributed by atoms with E-state index in [9.17, 15) is 4.79 Å². The van der Waals surface area contributed by atoms with Gasteiger partial charge in [-0.3, -0.25) is 4.79 Å². The normalized spacial score (nSPS) is 12.7. The second-order valence-electron chi connectivity index (χ2n) is 4.78. The molecule has 1 rings (SSSR count). The maximum Gasteiger partial charge on any atom is 0.235 e. The molecule has 0 heterocycles. The molecule has 3 nitrogen and oxygen atoms in total.